The molecule has 0 aliphatic carbocycles. The largest absolute Gasteiger partial charge is 0.355 e. The van der Waals surface area contributed by atoms with Crippen LogP contribution in [0.25, 0.3) is 5.69 Å². The van der Waals surface area contributed by atoms with Crippen molar-refractivity contribution in [2.24, 2.45) is 5.92 Å². The maximum Gasteiger partial charge on any atom is 0.270 e. The molecular weight excluding hydrogens is 388 g/mol. The summed E-state index contributed by atoms with van der Waals surface area (Å²) in [5, 5.41) is 3.10. The van der Waals surface area contributed by atoms with Crippen LogP contribution >= 0.6 is 0 Å². The number of amides is 2. The highest BCUT2D eigenvalue weighted by Gasteiger charge is 2.29. The van der Waals surface area contributed by atoms with Crippen molar-refractivity contribution >= 4 is 11.8 Å². The molecule has 31 heavy (non-hydrogen) atoms. The van der Waals surface area contributed by atoms with Crippen LogP contribution in [0.5, 0.6) is 0 Å². The van der Waals surface area contributed by atoms with Gasteiger partial charge in [0, 0.05) is 37.9 Å². The minimum absolute atomic E-state index is 0.00888. The van der Waals surface area contributed by atoms with E-state index in [0.29, 0.717) is 38.2 Å². The van der Waals surface area contributed by atoms with Crippen LogP contribution in [0.2, 0.25) is 0 Å². The first-order valence-electron chi connectivity index (χ1n) is 10.8. The average Bonchev–Trinajstić information content (AvgIpc) is 3.33. The second-order valence-electron chi connectivity index (χ2n) is 8.10. The number of likely N-dealkylation sites (tertiary alicyclic amines) is 1. The Balaban J connectivity index is 1.30. The van der Waals surface area contributed by atoms with E-state index >= 15 is 0 Å². The van der Waals surface area contributed by atoms with Gasteiger partial charge in [-0.25, -0.2) is 0 Å². The van der Waals surface area contributed by atoms with Gasteiger partial charge in [-0.1, -0.05) is 37.3 Å². The van der Waals surface area contributed by atoms with Gasteiger partial charge in [0.15, 0.2) is 0 Å². The summed E-state index contributed by atoms with van der Waals surface area (Å²) in [5.41, 5.74) is 2.70. The first-order valence-corrected chi connectivity index (χ1v) is 10.8. The molecule has 4 rings (SSSR count). The third kappa shape index (κ3) is 4.85. The molecule has 160 valence electrons. The van der Waals surface area contributed by atoms with Crippen molar-refractivity contribution in [3.63, 3.8) is 0 Å². The molecule has 1 aromatic carbocycles. The van der Waals surface area contributed by atoms with E-state index in [2.05, 4.69) is 29.4 Å². The number of carbonyl (C=O) groups excluding carboxylic acids is 2. The molecule has 0 bridgehead atoms. The molecule has 0 saturated carbocycles. The van der Waals surface area contributed by atoms with E-state index in [-0.39, 0.29) is 23.7 Å². The summed E-state index contributed by atoms with van der Waals surface area (Å²) in [7, 11) is 0. The Morgan fingerprint density at radius 1 is 1.06 bits per heavy atom. The SMILES string of the molecule is CC(CNC(=O)C1CCN(C(=O)c2cccn2-c2cccnc2)CC1)c1ccccc1. The Hall–Kier alpha value is -3.41. The second-order valence-corrected chi connectivity index (χ2v) is 8.10. The number of hydrogen-bond acceptors (Lipinski definition) is 3. The number of benzene rings is 1. The molecule has 1 aliphatic rings. The van der Waals surface area contributed by atoms with E-state index in [1.165, 1.54) is 5.56 Å². The van der Waals surface area contributed by atoms with Crippen molar-refractivity contribution < 1.29 is 9.59 Å². The van der Waals surface area contributed by atoms with Crippen LogP contribution in [0, 0.1) is 5.92 Å². The summed E-state index contributed by atoms with van der Waals surface area (Å²) in [6.45, 7) is 3.92. The first-order chi connectivity index (χ1) is 15.1. The summed E-state index contributed by atoms with van der Waals surface area (Å²) in [5.74, 6) is 0.309. The number of nitrogens with one attached hydrogen (secondary N) is 1. The summed E-state index contributed by atoms with van der Waals surface area (Å²) in [6.07, 6.45) is 6.70. The molecule has 6 heteroatoms. The van der Waals surface area contributed by atoms with E-state index in [4.69, 9.17) is 0 Å². The number of carbonyl (C=O) groups is 2. The number of pyridine rings is 1. The molecule has 3 aromatic rings. The van der Waals surface area contributed by atoms with Gasteiger partial charge in [0.25, 0.3) is 5.91 Å². The third-order valence-electron chi connectivity index (χ3n) is 6.00. The number of hydrogen-bond donors (Lipinski definition) is 1. The van der Waals surface area contributed by atoms with Crippen LogP contribution in [0.3, 0.4) is 0 Å². The third-order valence-corrected chi connectivity index (χ3v) is 6.00. The molecule has 0 spiro atoms. The number of rotatable bonds is 6. The van der Waals surface area contributed by atoms with Gasteiger partial charge in [-0.2, -0.15) is 0 Å². The molecule has 0 radical (unpaired) electrons. The van der Waals surface area contributed by atoms with Gasteiger partial charge in [-0.05, 0) is 48.6 Å². The zero-order chi connectivity index (χ0) is 21.6. The molecule has 1 fully saturated rings. The Kier molecular flexibility index (Phi) is 6.46. The van der Waals surface area contributed by atoms with Crippen LogP contribution < -0.4 is 5.32 Å². The molecular formula is C25H28N4O2. The summed E-state index contributed by atoms with van der Waals surface area (Å²) >= 11 is 0. The second kappa shape index (κ2) is 9.60. The predicted octanol–water partition coefficient (Wildman–Crippen LogP) is 3.64. The molecule has 1 N–H and O–H groups in total. The minimum atomic E-state index is -0.0443. The zero-order valence-electron chi connectivity index (χ0n) is 17.8. The van der Waals surface area contributed by atoms with Gasteiger partial charge in [0.2, 0.25) is 5.91 Å². The van der Waals surface area contributed by atoms with Gasteiger partial charge in [0.1, 0.15) is 5.69 Å². The van der Waals surface area contributed by atoms with Crippen molar-refractivity contribution in [3.05, 3.63) is 84.4 Å². The molecule has 2 aromatic heterocycles. The van der Waals surface area contributed by atoms with Crippen LogP contribution in [-0.2, 0) is 4.79 Å². The summed E-state index contributed by atoms with van der Waals surface area (Å²) in [6, 6.07) is 17.7. The number of piperidine rings is 1. The summed E-state index contributed by atoms with van der Waals surface area (Å²) in [4.78, 5) is 31.7. The predicted molar refractivity (Wildman–Crippen MR) is 120 cm³/mol. The maximum absolute atomic E-state index is 13.1. The van der Waals surface area contributed by atoms with Gasteiger partial charge < -0.3 is 14.8 Å². The van der Waals surface area contributed by atoms with Gasteiger partial charge in [-0.15, -0.1) is 0 Å². The van der Waals surface area contributed by atoms with E-state index in [9.17, 15) is 9.59 Å². The Labute approximate surface area is 182 Å². The van der Waals surface area contributed by atoms with Crippen LogP contribution in [0.4, 0.5) is 0 Å². The maximum atomic E-state index is 13.1. The summed E-state index contributed by atoms with van der Waals surface area (Å²) < 4.78 is 1.86. The molecule has 1 unspecified atom stereocenters. The Morgan fingerprint density at radius 3 is 2.55 bits per heavy atom. The van der Waals surface area contributed by atoms with Crippen LogP contribution in [-0.4, -0.2) is 45.9 Å². The molecule has 3 heterocycles. The van der Waals surface area contributed by atoms with Crippen molar-refractivity contribution in [3.8, 4) is 5.69 Å². The fraction of sp³-hybridized carbons (Fsp3) is 0.320. The highest BCUT2D eigenvalue weighted by Crippen LogP contribution is 2.21. The fourth-order valence-electron chi connectivity index (χ4n) is 4.08. The van der Waals surface area contributed by atoms with Crippen molar-refractivity contribution in [2.45, 2.75) is 25.7 Å². The quantitative estimate of drug-likeness (QED) is 0.667. The van der Waals surface area contributed by atoms with Gasteiger partial charge in [0.05, 0.1) is 11.9 Å². The standard InChI is InChI=1S/C25H28N4O2/c1-19(20-7-3-2-4-8-20)17-27-24(30)21-11-15-28(16-12-21)25(31)23-10-6-14-29(23)22-9-5-13-26-18-22/h2-10,13-14,18-19,21H,11-12,15-17H2,1H3,(H,27,30). The minimum Gasteiger partial charge on any atom is -0.355 e. The molecule has 2 amide bonds. The van der Waals surface area contributed by atoms with Crippen molar-refractivity contribution in [2.75, 3.05) is 19.6 Å². The van der Waals surface area contributed by atoms with E-state index in [1.54, 1.807) is 12.4 Å². The van der Waals surface area contributed by atoms with E-state index in [0.717, 1.165) is 5.69 Å². The zero-order valence-corrected chi connectivity index (χ0v) is 17.8. The normalized spacial score (nSPS) is 15.5. The van der Waals surface area contributed by atoms with Crippen LogP contribution in [0.15, 0.2) is 73.2 Å². The highest BCUT2D eigenvalue weighted by molar-refractivity contribution is 5.93. The van der Waals surface area contributed by atoms with Gasteiger partial charge in [-0.3, -0.25) is 14.6 Å². The molecule has 1 saturated heterocycles. The monoisotopic (exact) mass is 416 g/mol. The fourth-order valence-corrected chi connectivity index (χ4v) is 4.08. The smallest absolute Gasteiger partial charge is 0.270 e. The van der Waals surface area contributed by atoms with Crippen LogP contribution in [0.1, 0.15) is 41.7 Å². The van der Waals surface area contributed by atoms with E-state index in [1.807, 2.05) is 58.1 Å². The number of nitrogens with zero attached hydrogens (tertiary/aromatic N) is 3. The van der Waals surface area contributed by atoms with Crippen molar-refractivity contribution in [1.29, 1.82) is 0 Å². The lowest BCUT2D eigenvalue weighted by atomic mass is 9.95. The molecule has 1 aliphatic heterocycles. The topological polar surface area (TPSA) is 67.2 Å². The van der Waals surface area contributed by atoms with Gasteiger partial charge >= 0.3 is 0 Å². The Morgan fingerprint density at radius 2 is 1.84 bits per heavy atom. The van der Waals surface area contributed by atoms with E-state index < -0.39 is 0 Å². The molecule has 1 atom stereocenters. The average molecular weight is 417 g/mol. The lowest BCUT2D eigenvalue weighted by Crippen LogP contribution is -2.44. The molecule has 6 nitrogen and oxygen atoms in total. The lowest BCUT2D eigenvalue weighted by Gasteiger charge is -2.31. The number of aromatic nitrogens is 2. The first kappa shape index (κ1) is 20.8. The lowest BCUT2D eigenvalue weighted by molar-refractivity contribution is -0.126. The highest BCUT2D eigenvalue weighted by atomic mass is 16.2. The Bertz CT molecular complexity index is 1010. The van der Waals surface area contributed by atoms with Crippen molar-refractivity contribution in [1.82, 2.24) is 19.8 Å².